The van der Waals surface area contributed by atoms with Crippen molar-refractivity contribution in [2.75, 3.05) is 32.1 Å². The minimum atomic E-state index is -0.0276. The number of carbonyl (C=O) groups excluding carboxylic acids is 1. The highest BCUT2D eigenvalue weighted by Crippen LogP contribution is 2.20. The van der Waals surface area contributed by atoms with E-state index in [1.807, 2.05) is 42.5 Å². The number of amides is 1. The Labute approximate surface area is 172 Å². The lowest BCUT2D eigenvalue weighted by molar-refractivity contribution is -0.116. The number of likely N-dealkylation sites (N-methyl/N-ethyl adjacent to an activating group) is 1. The van der Waals surface area contributed by atoms with Gasteiger partial charge in [-0.2, -0.15) is 0 Å². The third-order valence-corrected chi connectivity index (χ3v) is 5.24. The van der Waals surface area contributed by atoms with Gasteiger partial charge in [-0.1, -0.05) is 38.1 Å². The number of hydrogen-bond acceptors (Lipinski definition) is 4. The molecule has 0 aliphatic rings. The fraction of sp³-hybridized carbons (Fsp3) is 0.391. The molecule has 1 heterocycles. The second-order valence-corrected chi connectivity index (χ2v) is 7.00. The Hall–Kier alpha value is -2.86. The fourth-order valence-electron chi connectivity index (χ4n) is 3.42. The predicted molar refractivity (Wildman–Crippen MR) is 117 cm³/mol. The number of aryl methyl sites for hydroxylation is 1. The van der Waals surface area contributed by atoms with Crippen LogP contribution in [0.3, 0.4) is 0 Å². The number of anilines is 1. The van der Waals surface area contributed by atoms with Gasteiger partial charge in [-0.25, -0.2) is 4.98 Å². The molecule has 2 aromatic carbocycles. The number of hydrogen-bond donors (Lipinski definition) is 1. The summed E-state index contributed by atoms with van der Waals surface area (Å²) in [5.74, 6) is 1.42. The number of benzene rings is 2. The zero-order valence-electron chi connectivity index (χ0n) is 17.5. The molecule has 1 N–H and O–H groups in total. The molecular formula is C23H30N4O2. The number of carbonyl (C=O) groups is 1. The van der Waals surface area contributed by atoms with Crippen molar-refractivity contribution in [3.05, 3.63) is 54.1 Å². The molecule has 29 heavy (non-hydrogen) atoms. The van der Waals surface area contributed by atoms with Gasteiger partial charge in [0.05, 0.1) is 18.1 Å². The van der Waals surface area contributed by atoms with E-state index in [1.165, 1.54) is 0 Å². The highest BCUT2D eigenvalue weighted by atomic mass is 16.5. The molecule has 3 aromatic rings. The van der Waals surface area contributed by atoms with Crippen molar-refractivity contribution in [3.63, 3.8) is 0 Å². The standard InChI is InChI=1S/C23H30N4O2/c1-4-26(5-2)16-17-27-21-9-7-6-8-20(21)24-23(27)25-22(28)15-12-18-10-13-19(29-3)14-11-18/h6-11,13-14H,4-5,12,15-17H2,1-3H3,(H,24,25,28). The van der Waals surface area contributed by atoms with Crippen LogP contribution in [-0.4, -0.2) is 47.1 Å². The molecule has 1 amide bonds. The summed E-state index contributed by atoms with van der Waals surface area (Å²) >= 11 is 0. The number of rotatable bonds is 10. The Balaban J connectivity index is 1.69. The van der Waals surface area contributed by atoms with Gasteiger partial charge >= 0.3 is 0 Å². The summed E-state index contributed by atoms with van der Waals surface area (Å²) in [4.78, 5) is 19.6. The SMILES string of the molecule is CCN(CC)CCn1c(NC(=O)CCc2ccc(OC)cc2)nc2ccccc21. The molecule has 0 unspecified atom stereocenters. The molecule has 0 saturated carbocycles. The van der Waals surface area contributed by atoms with Crippen LogP contribution in [0, 0.1) is 0 Å². The first-order valence-electron chi connectivity index (χ1n) is 10.2. The first kappa shape index (κ1) is 20.9. The minimum absolute atomic E-state index is 0.0276. The molecule has 154 valence electrons. The van der Waals surface area contributed by atoms with Crippen molar-refractivity contribution in [3.8, 4) is 5.75 Å². The maximum Gasteiger partial charge on any atom is 0.227 e. The van der Waals surface area contributed by atoms with Gasteiger partial charge in [0.15, 0.2) is 0 Å². The van der Waals surface area contributed by atoms with E-state index >= 15 is 0 Å². The smallest absolute Gasteiger partial charge is 0.227 e. The largest absolute Gasteiger partial charge is 0.497 e. The lowest BCUT2D eigenvalue weighted by Gasteiger charge is -2.19. The summed E-state index contributed by atoms with van der Waals surface area (Å²) in [5, 5.41) is 3.02. The molecule has 0 aliphatic carbocycles. The van der Waals surface area contributed by atoms with Gasteiger partial charge in [-0.15, -0.1) is 0 Å². The zero-order valence-corrected chi connectivity index (χ0v) is 17.5. The summed E-state index contributed by atoms with van der Waals surface area (Å²) in [6.45, 7) is 8.05. The number of para-hydroxylation sites is 2. The third kappa shape index (κ3) is 5.35. The summed E-state index contributed by atoms with van der Waals surface area (Å²) in [6.07, 6.45) is 1.08. The summed E-state index contributed by atoms with van der Waals surface area (Å²) < 4.78 is 7.29. The average molecular weight is 395 g/mol. The van der Waals surface area contributed by atoms with Crippen LogP contribution < -0.4 is 10.1 Å². The molecule has 6 nitrogen and oxygen atoms in total. The van der Waals surface area contributed by atoms with Crippen molar-refractivity contribution in [1.29, 1.82) is 0 Å². The van der Waals surface area contributed by atoms with E-state index in [2.05, 4.69) is 39.7 Å². The molecule has 0 atom stereocenters. The van der Waals surface area contributed by atoms with Crippen LogP contribution in [0.2, 0.25) is 0 Å². The molecule has 0 spiro atoms. The summed E-state index contributed by atoms with van der Waals surface area (Å²) in [6, 6.07) is 15.8. The van der Waals surface area contributed by atoms with Crippen LogP contribution in [0.1, 0.15) is 25.8 Å². The van der Waals surface area contributed by atoms with Crippen LogP contribution in [-0.2, 0) is 17.8 Å². The Morgan fingerprint density at radius 1 is 1.10 bits per heavy atom. The summed E-state index contributed by atoms with van der Waals surface area (Å²) in [7, 11) is 1.65. The minimum Gasteiger partial charge on any atom is -0.497 e. The van der Waals surface area contributed by atoms with Crippen LogP contribution >= 0.6 is 0 Å². The average Bonchev–Trinajstić information content (AvgIpc) is 3.10. The van der Waals surface area contributed by atoms with Crippen LogP contribution in [0.25, 0.3) is 11.0 Å². The van der Waals surface area contributed by atoms with Crippen LogP contribution in [0.15, 0.2) is 48.5 Å². The van der Waals surface area contributed by atoms with E-state index in [9.17, 15) is 4.79 Å². The van der Waals surface area contributed by atoms with Crippen molar-refractivity contribution < 1.29 is 9.53 Å². The van der Waals surface area contributed by atoms with E-state index in [0.29, 0.717) is 18.8 Å². The highest BCUT2D eigenvalue weighted by Gasteiger charge is 2.14. The number of nitrogens with zero attached hydrogens (tertiary/aromatic N) is 3. The lowest BCUT2D eigenvalue weighted by atomic mass is 10.1. The molecule has 0 aliphatic heterocycles. The summed E-state index contributed by atoms with van der Waals surface area (Å²) in [5.41, 5.74) is 3.05. The zero-order chi connectivity index (χ0) is 20.6. The Morgan fingerprint density at radius 2 is 1.83 bits per heavy atom. The molecule has 3 rings (SSSR count). The Bertz CT molecular complexity index is 930. The second-order valence-electron chi connectivity index (χ2n) is 7.00. The number of methoxy groups -OCH3 is 1. The molecule has 0 saturated heterocycles. The topological polar surface area (TPSA) is 59.4 Å². The van der Waals surface area contributed by atoms with Crippen molar-refractivity contribution >= 4 is 22.9 Å². The monoisotopic (exact) mass is 394 g/mol. The number of ether oxygens (including phenoxy) is 1. The molecule has 0 radical (unpaired) electrons. The van der Waals surface area contributed by atoms with Gasteiger partial charge in [-0.05, 0) is 49.3 Å². The molecule has 0 bridgehead atoms. The van der Waals surface area contributed by atoms with Crippen LogP contribution in [0.4, 0.5) is 5.95 Å². The van der Waals surface area contributed by atoms with Gasteiger partial charge in [0.1, 0.15) is 5.75 Å². The molecule has 0 fully saturated rings. The normalized spacial score (nSPS) is 11.2. The molecule has 1 aromatic heterocycles. The van der Waals surface area contributed by atoms with Gasteiger partial charge in [0.2, 0.25) is 11.9 Å². The molecular weight excluding hydrogens is 364 g/mol. The van der Waals surface area contributed by atoms with E-state index in [-0.39, 0.29) is 5.91 Å². The fourth-order valence-corrected chi connectivity index (χ4v) is 3.42. The number of imidazole rings is 1. The first-order valence-corrected chi connectivity index (χ1v) is 10.2. The van der Waals surface area contributed by atoms with E-state index < -0.39 is 0 Å². The van der Waals surface area contributed by atoms with Gasteiger partial charge in [0, 0.05) is 19.5 Å². The van der Waals surface area contributed by atoms with E-state index in [4.69, 9.17) is 4.74 Å². The lowest BCUT2D eigenvalue weighted by Crippen LogP contribution is -2.27. The number of nitrogens with one attached hydrogen (secondary N) is 1. The predicted octanol–water partition coefficient (Wildman–Crippen LogP) is 3.96. The first-order chi connectivity index (χ1) is 14.1. The van der Waals surface area contributed by atoms with Crippen molar-refractivity contribution in [2.24, 2.45) is 0 Å². The number of fused-ring (bicyclic) bond motifs is 1. The second kappa shape index (κ2) is 10.1. The maximum absolute atomic E-state index is 12.6. The number of aromatic nitrogens is 2. The van der Waals surface area contributed by atoms with Gasteiger partial charge < -0.3 is 14.2 Å². The van der Waals surface area contributed by atoms with Gasteiger partial charge in [-0.3, -0.25) is 10.1 Å². The highest BCUT2D eigenvalue weighted by molar-refractivity contribution is 5.91. The third-order valence-electron chi connectivity index (χ3n) is 5.24. The van der Waals surface area contributed by atoms with Gasteiger partial charge in [0.25, 0.3) is 0 Å². The van der Waals surface area contributed by atoms with Crippen molar-refractivity contribution in [1.82, 2.24) is 14.5 Å². The quantitative estimate of drug-likeness (QED) is 0.565. The van der Waals surface area contributed by atoms with E-state index in [0.717, 1.165) is 48.5 Å². The Kier molecular flexibility index (Phi) is 7.25. The van der Waals surface area contributed by atoms with Crippen molar-refractivity contribution in [2.45, 2.75) is 33.2 Å². The maximum atomic E-state index is 12.6. The Morgan fingerprint density at radius 3 is 2.52 bits per heavy atom. The van der Waals surface area contributed by atoms with E-state index in [1.54, 1.807) is 7.11 Å². The van der Waals surface area contributed by atoms with Crippen LogP contribution in [0.5, 0.6) is 5.75 Å². The molecule has 6 heteroatoms.